The molecule has 0 aliphatic rings. The van der Waals surface area contributed by atoms with Gasteiger partial charge in [0.1, 0.15) is 0 Å². The summed E-state index contributed by atoms with van der Waals surface area (Å²) in [5.74, 6) is 0. The van der Waals surface area contributed by atoms with Crippen LogP contribution in [-0.2, 0) is 5.41 Å². The minimum atomic E-state index is 0.183. The monoisotopic (exact) mass is 250 g/mol. The van der Waals surface area contributed by atoms with Crippen LogP contribution in [0.1, 0.15) is 26.3 Å². The lowest BCUT2D eigenvalue weighted by atomic mass is 9.86. The van der Waals surface area contributed by atoms with Crippen molar-refractivity contribution in [1.29, 1.82) is 0 Å². The van der Waals surface area contributed by atoms with Crippen molar-refractivity contribution in [1.82, 2.24) is 9.97 Å². The molecule has 1 aromatic carbocycles. The fraction of sp³-hybridized carbons (Fsp3) is 0.235. The van der Waals surface area contributed by atoms with Gasteiger partial charge < -0.3 is 4.98 Å². The highest BCUT2D eigenvalue weighted by Gasteiger charge is 2.14. The van der Waals surface area contributed by atoms with E-state index in [0.717, 1.165) is 5.69 Å². The molecule has 0 bridgehead atoms. The fourth-order valence-corrected chi connectivity index (χ4v) is 2.29. The molecule has 0 aliphatic heterocycles. The van der Waals surface area contributed by atoms with Crippen LogP contribution in [0.5, 0.6) is 0 Å². The number of benzene rings is 1. The van der Waals surface area contributed by atoms with Gasteiger partial charge in [-0.3, -0.25) is 4.98 Å². The number of rotatable bonds is 1. The van der Waals surface area contributed by atoms with Gasteiger partial charge in [0, 0.05) is 34.6 Å². The Kier molecular flexibility index (Phi) is 2.67. The average molecular weight is 250 g/mol. The van der Waals surface area contributed by atoms with Crippen molar-refractivity contribution in [3.8, 4) is 11.3 Å². The second-order valence-corrected chi connectivity index (χ2v) is 5.97. The SMILES string of the molecule is CC(C)(C)c1ccc2[nH]c(-c3ccncc3)cc2c1. The molecular weight excluding hydrogens is 232 g/mol. The lowest BCUT2D eigenvalue weighted by Crippen LogP contribution is -2.10. The number of nitrogens with one attached hydrogen (secondary N) is 1. The van der Waals surface area contributed by atoms with E-state index in [1.807, 2.05) is 24.5 Å². The second-order valence-electron chi connectivity index (χ2n) is 5.97. The predicted molar refractivity (Wildman–Crippen MR) is 80.2 cm³/mol. The third-order valence-electron chi connectivity index (χ3n) is 3.48. The molecule has 3 aromatic rings. The Morgan fingerprint density at radius 1 is 0.947 bits per heavy atom. The van der Waals surface area contributed by atoms with Crippen LogP contribution in [0.3, 0.4) is 0 Å². The average Bonchev–Trinajstić information content (AvgIpc) is 2.81. The zero-order valence-electron chi connectivity index (χ0n) is 11.6. The molecule has 0 aliphatic carbocycles. The molecule has 0 unspecified atom stereocenters. The molecule has 0 fully saturated rings. The molecule has 0 amide bonds. The van der Waals surface area contributed by atoms with E-state index in [0.29, 0.717) is 0 Å². The summed E-state index contributed by atoms with van der Waals surface area (Å²) in [6.07, 6.45) is 3.64. The standard InChI is InChI=1S/C17H18N2/c1-17(2,3)14-4-5-15-13(10-14)11-16(19-15)12-6-8-18-9-7-12/h4-11,19H,1-3H3. The molecule has 96 valence electrons. The third-order valence-corrected chi connectivity index (χ3v) is 3.48. The second kappa shape index (κ2) is 4.23. The highest BCUT2D eigenvalue weighted by atomic mass is 14.7. The van der Waals surface area contributed by atoms with Crippen LogP contribution in [0, 0.1) is 0 Å². The maximum Gasteiger partial charge on any atom is 0.0465 e. The number of fused-ring (bicyclic) bond motifs is 1. The molecular formula is C17H18N2. The summed E-state index contributed by atoms with van der Waals surface area (Å²) in [7, 11) is 0. The first-order valence-corrected chi connectivity index (χ1v) is 6.58. The van der Waals surface area contributed by atoms with Crippen LogP contribution in [0.25, 0.3) is 22.2 Å². The van der Waals surface area contributed by atoms with Crippen LogP contribution in [-0.4, -0.2) is 9.97 Å². The highest BCUT2D eigenvalue weighted by Crippen LogP contribution is 2.29. The number of nitrogens with zero attached hydrogens (tertiary/aromatic N) is 1. The van der Waals surface area contributed by atoms with E-state index in [1.54, 1.807) is 0 Å². The van der Waals surface area contributed by atoms with Crippen LogP contribution in [0.4, 0.5) is 0 Å². The summed E-state index contributed by atoms with van der Waals surface area (Å²) in [6.45, 7) is 6.72. The summed E-state index contributed by atoms with van der Waals surface area (Å²) < 4.78 is 0. The Bertz CT molecular complexity index is 703. The maximum atomic E-state index is 4.06. The molecule has 0 spiro atoms. The van der Waals surface area contributed by atoms with Crippen LogP contribution < -0.4 is 0 Å². The van der Waals surface area contributed by atoms with E-state index < -0.39 is 0 Å². The lowest BCUT2D eigenvalue weighted by Gasteiger charge is -2.18. The molecule has 0 saturated carbocycles. The van der Waals surface area contributed by atoms with E-state index in [4.69, 9.17) is 0 Å². The van der Waals surface area contributed by atoms with Crippen molar-refractivity contribution in [3.63, 3.8) is 0 Å². The Labute approximate surface area is 113 Å². The molecule has 2 nitrogen and oxygen atoms in total. The summed E-state index contributed by atoms with van der Waals surface area (Å²) in [5.41, 5.74) is 5.04. The normalized spacial score (nSPS) is 11.9. The number of hydrogen-bond acceptors (Lipinski definition) is 1. The van der Waals surface area contributed by atoms with E-state index in [1.165, 1.54) is 22.0 Å². The van der Waals surface area contributed by atoms with Crippen molar-refractivity contribution in [2.24, 2.45) is 0 Å². The van der Waals surface area contributed by atoms with Gasteiger partial charge >= 0.3 is 0 Å². The Hall–Kier alpha value is -2.09. The van der Waals surface area contributed by atoms with E-state index >= 15 is 0 Å². The van der Waals surface area contributed by atoms with Gasteiger partial charge in [-0.25, -0.2) is 0 Å². The minimum Gasteiger partial charge on any atom is -0.355 e. The number of H-pyrrole nitrogens is 1. The van der Waals surface area contributed by atoms with Gasteiger partial charge in [-0.2, -0.15) is 0 Å². The lowest BCUT2D eigenvalue weighted by molar-refractivity contribution is 0.591. The zero-order chi connectivity index (χ0) is 13.5. The van der Waals surface area contributed by atoms with Crippen molar-refractivity contribution < 1.29 is 0 Å². The zero-order valence-corrected chi connectivity index (χ0v) is 11.6. The van der Waals surface area contributed by atoms with Crippen molar-refractivity contribution in [2.75, 3.05) is 0 Å². The molecule has 0 radical (unpaired) electrons. The first-order chi connectivity index (χ1) is 9.04. The number of pyridine rings is 1. The summed E-state index contributed by atoms with van der Waals surface area (Å²) in [5, 5.41) is 1.26. The molecule has 19 heavy (non-hydrogen) atoms. The van der Waals surface area contributed by atoms with Gasteiger partial charge in [-0.15, -0.1) is 0 Å². The van der Waals surface area contributed by atoms with Crippen molar-refractivity contribution >= 4 is 10.9 Å². The molecule has 2 heteroatoms. The third kappa shape index (κ3) is 2.26. The summed E-state index contributed by atoms with van der Waals surface area (Å²) in [4.78, 5) is 7.52. The van der Waals surface area contributed by atoms with Crippen molar-refractivity contribution in [2.45, 2.75) is 26.2 Å². The highest BCUT2D eigenvalue weighted by molar-refractivity contribution is 5.86. The molecule has 2 aromatic heterocycles. The first kappa shape index (κ1) is 12.0. The van der Waals surface area contributed by atoms with Crippen LogP contribution in [0.2, 0.25) is 0 Å². The Morgan fingerprint density at radius 2 is 1.68 bits per heavy atom. The van der Waals surface area contributed by atoms with Gasteiger partial charge in [-0.1, -0.05) is 26.8 Å². The number of hydrogen-bond donors (Lipinski definition) is 1. The minimum absolute atomic E-state index is 0.183. The van der Waals surface area contributed by atoms with Crippen LogP contribution >= 0.6 is 0 Å². The van der Waals surface area contributed by atoms with Crippen LogP contribution in [0.15, 0.2) is 48.8 Å². The summed E-state index contributed by atoms with van der Waals surface area (Å²) in [6, 6.07) is 12.9. The van der Waals surface area contributed by atoms with Gasteiger partial charge in [0.2, 0.25) is 0 Å². The van der Waals surface area contributed by atoms with Crippen molar-refractivity contribution in [3.05, 3.63) is 54.4 Å². The van der Waals surface area contributed by atoms with Gasteiger partial charge in [0.15, 0.2) is 0 Å². The molecule has 0 saturated heterocycles. The Balaban J connectivity index is 2.12. The molecule has 1 N–H and O–H groups in total. The number of aromatic amines is 1. The van der Waals surface area contributed by atoms with Gasteiger partial charge in [0.25, 0.3) is 0 Å². The smallest absolute Gasteiger partial charge is 0.0465 e. The summed E-state index contributed by atoms with van der Waals surface area (Å²) >= 11 is 0. The van der Waals surface area contributed by atoms with Gasteiger partial charge in [0.05, 0.1) is 0 Å². The fourth-order valence-electron chi connectivity index (χ4n) is 2.29. The number of aromatic nitrogens is 2. The maximum absolute atomic E-state index is 4.06. The van der Waals surface area contributed by atoms with E-state index in [9.17, 15) is 0 Å². The van der Waals surface area contributed by atoms with E-state index in [-0.39, 0.29) is 5.41 Å². The predicted octanol–water partition coefficient (Wildman–Crippen LogP) is 4.53. The molecule has 2 heterocycles. The van der Waals surface area contributed by atoms with E-state index in [2.05, 4.69) is 55.0 Å². The quantitative estimate of drug-likeness (QED) is 0.675. The first-order valence-electron chi connectivity index (χ1n) is 6.58. The molecule has 0 atom stereocenters. The molecule has 3 rings (SSSR count). The Morgan fingerprint density at radius 3 is 2.37 bits per heavy atom. The van der Waals surface area contributed by atoms with Gasteiger partial charge in [-0.05, 0) is 41.3 Å². The topological polar surface area (TPSA) is 28.7 Å². The largest absolute Gasteiger partial charge is 0.355 e.